The summed E-state index contributed by atoms with van der Waals surface area (Å²) >= 11 is 1.38. The number of amides is 1. The van der Waals surface area contributed by atoms with Crippen molar-refractivity contribution in [1.29, 1.82) is 0 Å². The largest absolute Gasteiger partial charge is 0.375 e. The van der Waals surface area contributed by atoms with Gasteiger partial charge in [0, 0.05) is 18.0 Å². The molecule has 0 aliphatic carbocycles. The van der Waals surface area contributed by atoms with Gasteiger partial charge in [0.15, 0.2) is 15.0 Å². The number of aryl methyl sites for hydroxylation is 2. The lowest BCUT2D eigenvalue weighted by Gasteiger charge is -2.26. The number of amidine groups is 1. The zero-order valence-electron chi connectivity index (χ0n) is 13.9. The predicted molar refractivity (Wildman–Crippen MR) is 96.5 cm³/mol. The van der Waals surface area contributed by atoms with Crippen LogP contribution < -0.4 is 4.90 Å². The third kappa shape index (κ3) is 3.36. The molecule has 3 rings (SSSR count). The number of rotatable bonds is 3. The van der Waals surface area contributed by atoms with Gasteiger partial charge in [0.05, 0.1) is 17.5 Å². The third-order valence-electron chi connectivity index (χ3n) is 4.18. The summed E-state index contributed by atoms with van der Waals surface area (Å²) in [4.78, 5) is 18.0. The van der Waals surface area contributed by atoms with Crippen LogP contribution in [0.3, 0.4) is 0 Å². The molecule has 0 N–H and O–H groups in total. The van der Waals surface area contributed by atoms with Gasteiger partial charge in [-0.05, 0) is 31.0 Å². The Labute approximate surface area is 146 Å². The van der Waals surface area contributed by atoms with Crippen molar-refractivity contribution in [3.63, 3.8) is 0 Å². The average molecular weight is 368 g/mol. The smallest absolute Gasteiger partial charge is 0.274 e. The number of hydrogen-bond acceptors (Lipinski definition) is 5. The first-order valence-electron chi connectivity index (χ1n) is 7.65. The number of benzene rings is 1. The molecule has 2 fully saturated rings. The summed E-state index contributed by atoms with van der Waals surface area (Å²) in [6.45, 7) is 3.88. The number of nitrogens with zero attached hydrogens (tertiary/aromatic N) is 2. The number of thioether (sulfide) groups is 1. The van der Waals surface area contributed by atoms with Crippen LogP contribution in [0.1, 0.15) is 11.1 Å². The molecule has 2 atom stereocenters. The van der Waals surface area contributed by atoms with Gasteiger partial charge in [0.2, 0.25) is 0 Å². The monoisotopic (exact) mass is 368 g/mol. The molecule has 0 aromatic heterocycles. The highest BCUT2D eigenvalue weighted by atomic mass is 32.2. The molecule has 6 nitrogen and oxygen atoms in total. The Balaban J connectivity index is 2.04. The second-order valence-electron chi connectivity index (χ2n) is 6.18. The summed E-state index contributed by atoms with van der Waals surface area (Å²) in [5.41, 5.74) is 3.02. The van der Waals surface area contributed by atoms with Crippen molar-refractivity contribution in [1.82, 2.24) is 0 Å². The van der Waals surface area contributed by atoms with E-state index in [4.69, 9.17) is 4.74 Å². The van der Waals surface area contributed by atoms with E-state index in [1.165, 1.54) is 18.9 Å². The van der Waals surface area contributed by atoms with Gasteiger partial charge in [-0.25, -0.2) is 8.42 Å². The van der Waals surface area contributed by atoms with Crippen molar-refractivity contribution < 1.29 is 17.9 Å². The van der Waals surface area contributed by atoms with E-state index in [9.17, 15) is 13.2 Å². The quantitative estimate of drug-likeness (QED) is 0.806. The van der Waals surface area contributed by atoms with Gasteiger partial charge >= 0.3 is 0 Å². The van der Waals surface area contributed by atoms with Crippen molar-refractivity contribution >= 4 is 38.4 Å². The number of aliphatic imine (C=N–C) groups is 1. The molecule has 0 saturated carbocycles. The predicted octanol–water partition coefficient (Wildman–Crippen LogP) is 1.55. The van der Waals surface area contributed by atoms with Crippen molar-refractivity contribution in [2.75, 3.05) is 30.1 Å². The summed E-state index contributed by atoms with van der Waals surface area (Å²) in [6.07, 6.45) is 0. The van der Waals surface area contributed by atoms with E-state index in [0.29, 0.717) is 5.17 Å². The molecule has 1 amide bonds. The average Bonchev–Trinajstić information content (AvgIpc) is 2.93. The number of ether oxygens (including phenoxy) is 1. The highest BCUT2D eigenvalue weighted by Crippen LogP contribution is 2.42. The van der Waals surface area contributed by atoms with E-state index in [-0.39, 0.29) is 35.3 Å². The molecule has 24 heavy (non-hydrogen) atoms. The zero-order chi connectivity index (χ0) is 17.5. The fourth-order valence-electron chi connectivity index (χ4n) is 3.09. The SMILES string of the molecule is COCC(=O)N=C1SC2CS(=O)(=O)CC2N1c1cc(C)ccc1C. The first kappa shape index (κ1) is 17.4. The van der Waals surface area contributed by atoms with Crippen LogP contribution in [0, 0.1) is 13.8 Å². The second-order valence-corrected chi connectivity index (χ2v) is 9.54. The number of anilines is 1. The summed E-state index contributed by atoms with van der Waals surface area (Å²) in [6, 6.07) is 5.84. The van der Waals surface area contributed by atoms with Gasteiger partial charge in [-0.2, -0.15) is 4.99 Å². The maximum Gasteiger partial charge on any atom is 0.274 e. The maximum atomic E-state index is 12.0. The lowest BCUT2D eigenvalue weighted by Crippen LogP contribution is -2.38. The van der Waals surface area contributed by atoms with Gasteiger partial charge in [0.25, 0.3) is 5.91 Å². The summed E-state index contributed by atoms with van der Waals surface area (Å²) < 4.78 is 28.9. The molecule has 130 valence electrons. The molecule has 8 heteroatoms. The zero-order valence-corrected chi connectivity index (χ0v) is 15.5. The molecule has 0 spiro atoms. The van der Waals surface area contributed by atoms with Gasteiger partial charge < -0.3 is 9.64 Å². The first-order valence-corrected chi connectivity index (χ1v) is 10.3. The molecule has 0 radical (unpaired) electrons. The molecule has 2 heterocycles. The number of carbonyl (C=O) groups is 1. The van der Waals surface area contributed by atoms with Crippen molar-refractivity contribution in [3.05, 3.63) is 29.3 Å². The molecule has 1 aromatic carbocycles. The Morgan fingerprint density at radius 2 is 2.12 bits per heavy atom. The highest BCUT2D eigenvalue weighted by molar-refractivity contribution is 8.16. The summed E-state index contributed by atoms with van der Waals surface area (Å²) in [5, 5.41) is 0.472. The molecule has 1 aromatic rings. The van der Waals surface area contributed by atoms with Crippen molar-refractivity contribution in [2.45, 2.75) is 25.1 Å². The Morgan fingerprint density at radius 3 is 2.83 bits per heavy atom. The Bertz CT molecular complexity index is 804. The Morgan fingerprint density at radius 1 is 1.38 bits per heavy atom. The molecular formula is C16H20N2O4S2. The van der Waals surface area contributed by atoms with Crippen LogP contribution in [0.5, 0.6) is 0 Å². The van der Waals surface area contributed by atoms with Crippen molar-refractivity contribution in [3.8, 4) is 0 Å². The number of carbonyl (C=O) groups excluding carboxylic acids is 1. The molecule has 2 aliphatic rings. The number of fused-ring (bicyclic) bond motifs is 1. The molecule has 2 unspecified atom stereocenters. The first-order chi connectivity index (χ1) is 11.3. The topological polar surface area (TPSA) is 76.0 Å². The molecule has 0 bridgehead atoms. The fourth-order valence-corrected chi connectivity index (χ4v) is 7.01. The Kier molecular flexibility index (Phi) is 4.72. The van der Waals surface area contributed by atoms with E-state index in [0.717, 1.165) is 16.8 Å². The third-order valence-corrected chi connectivity index (χ3v) is 7.39. The number of sulfone groups is 1. The van der Waals surface area contributed by atoms with Crippen molar-refractivity contribution in [2.24, 2.45) is 4.99 Å². The van der Waals surface area contributed by atoms with Gasteiger partial charge in [-0.3, -0.25) is 4.79 Å². The summed E-state index contributed by atoms with van der Waals surface area (Å²) in [7, 11) is -1.61. The second kappa shape index (κ2) is 6.50. The number of methoxy groups -OCH3 is 1. The van der Waals surface area contributed by atoms with E-state index in [2.05, 4.69) is 4.99 Å². The van der Waals surface area contributed by atoms with Crippen LogP contribution in [-0.4, -0.2) is 56.0 Å². The minimum Gasteiger partial charge on any atom is -0.375 e. The summed E-state index contributed by atoms with van der Waals surface area (Å²) in [5.74, 6) is -0.144. The van der Waals surface area contributed by atoms with Gasteiger partial charge in [0.1, 0.15) is 6.61 Å². The van der Waals surface area contributed by atoms with E-state index >= 15 is 0 Å². The van der Waals surface area contributed by atoms with E-state index in [1.807, 2.05) is 36.9 Å². The normalized spacial score (nSPS) is 26.8. The maximum absolute atomic E-state index is 12.0. The molecule has 2 saturated heterocycles. The highest BCUT2D eigenvalue weighted by Gasteiger charge is 2.49. The lowest BCUT2D eigenvalue weighted by atomic mass is 10.1. The number of hydrogen-bond donors (Lipinski definition) is 0. The van der Waals surface area contributed by atoms with Crippen LogP contribution in [0.4, 0.5) is 5.69 Å². The Hall–Kier alpha value is -1.38. The lowest BCUT2D eigenvalue weighted by molar-refractivity contribution is -0.121. The minimum atomic E-state index is -3.06. The fraction of sp³-hybridized carbons (Fsp3) is 0.500. The van der Waals surface area contributed by atoms with Crippen LogP contribution in [0.2, 0.25) is 0 Å². The van der Waals surface area contributed by atoms with Crippen LogP contribution >= 0.6 is 11.8 Å². The molecular weight excluding hydrogens is 348 g/mol. The van der Waals surface area contributed by atoms with Crippen LogP contribution in [0.15, 0.2) is 23.2 Å². The van der Waals surface area contributed by atoms with Gasteiger partial charge in [-0.15, -0.1) is 0 Å². The van der Waals surface area contributed by atoms with Gasteiger partial charge in [-0.1, -0.05) is 23.9 Å². The van der Waals surface area contributed by atoms with Crippen LogP contribution in [0.25, 0.3) is 0 Å². The van der Waals surface area contributed by atoms with E-state index in [1.54, 1.807) is 0 Å². The van der Waals surface area contributed by atoms with E-state index < -0.39 is 9.84 Å². The molecule has 2 aliphatic heterocycles. The van der Waals surface area contributed by atoms with Crippen LogP contribution in [-0.2, 0) is 19.4 Å². The minimum absolute atomic E-state index is 0.0850. The standard InChI is InChI=1S/C16H20N2O4S2/c1-10-4-5-11(2)12(6-10)18-13-8-24(20,21)9-14(13)23-16(18)17-15(19)7-22-3/h4-6,13-14H,7-9H2,1-3H3.